The molecule has 0 aliphatic carbocycles. The number of nitrogens with one attached hydrogen (secondary N) is 1. The van der Waals surface area contributed by atoms with Crippen molar-refractivity contribution in [1.82, 2.24) is 5.32 Å². The van der Waals surface area contributed by atoms with Crippen molar-refractivity contribution in [2.75, 3.05) is 20.2 Å². The molecule has 1 aliphatic rings. The number of hydrogen-bond acceptors (Lipinski definition) is 3. The molecule has 0 unspecified atom stereocenters. The molecule has 2 rings (SSSR count). The second kappa shape index (κ2) is 4.49. The lowest BCUT2D eigenvalue weighted by Gasteiger charge is -2.41. The van der Waals surface area contributed by atoms with Crippen LogP contribution >= 0.6 is 0 Å². The van der Waals surface area contributed by atoms with Crippen LogP contribution in [0.2, 0.25) is 0 Å². The standard InChI is InChI=1S/C14H19NO2/c1-10(2)11-6-4-5-7-12(11)14(8-15-9-14)13(16)17-3/h4-7,10,15H,8-9H2,1-3H3. The number of carbonyl (C=O) groups excluding carboxylic acids is 1. The van der Waals surface area contributed by atoms with Gasteiger partial charge >= 0.3 is 5.97 Å². The van der Waals surface area contributed by atoms with E-state index in [0.29, 0.717) is 19.0 Å². The average molecular weight is 233 g/mol. The quantitative estimate of drug-likeness (QED) is 0.809. The lowest BCUT2D eigenvalue weighted by Crippen LogP contribution is -2.62. The molecule has 92 valence electrons. The molecular weight excluding hydrogens is 214 g/mol. The molecule has 0 amide bonds. The first-order valence-electron chi connectivity index (χ1n) is 6.00. The lowest BCUT2D eigenvalue weighted by atomic mass is 9.72. The zero-order chi connectivity index (χ0) is 12.5. The van der Waals surface area contributed by atoms with Crippen molar-refractivity contribution in [1.29, 1.82) is 0 Å². The fourth-order valence-electron chi connectivity index (χ4n) is 2.45. The summed E-state index contributed by atoms with van der Waals surface area (Å²) in [4.78, 5) is 12.0. The molecule has 0 bridgehead atoms. The number of carbonyl (C=O) groups is 1. The predicted octanol–water partition coefficient (Wildman–Crippen LogP) is 1.82. The zero-order valence-electron chi connectivity index (χ0n) is 10.6. The van der Waals surface area contributed by atoms with E-state index in [9.17, 15) is 4.79 Å². The van der Waals surface area contributed by atoms with Crippen molar-refractivity contribution in [3.05, 3.63) is 35.4 Å². The van der Waals surface area contributed by atoms with Gasteiger partial charge in [0.1, 0.15) is 5.41 Å². The fourth-order valence-corrected chi connectivity index (χ4v) is 2.45. The molecule has 0 saturated carbocycles. The van der Waals surface area contributed by atoms with Gasteiger partial charge in [-0.25, -0.2) is 0 Å². The van der Waals surface area contributed by atoms with Gasteiger partial charge < -0.3 is 10.1 Å². The van der Waals surface area contributed by atoms with Crippen LogP contribution in [0.5, 0.6) is 0 Å². The second-order valence-electron chi connectivity index (χ2n) is 4.92. The maximum Gasteiger partial charge on any atom is 0.318 e. The average Bonchev–Trinajstić information content (AvgIpc) is 2.27. The van der Waals surface area contributed by atoms with Crippen molar-refractivity contribution in [2.24, 2.45) is 0 Å². The van der Waals surface area contributed by atoms with E-state index in [1.165, 1.54) is 12.7 Å². The van der Waals surface area contributed by atoms with Gasteiger partial charge in [-0.15, -0.1) is 0 Å². The van der Waals surface area contributed by atoms with E-state index >= 15 is 0 Å². The third-order valence-corrected chi connectivity index (χ3v) is 3.53. The number of methoxy groups -OCH3 is 1. The molecule has 1 heterocycles. The SMILES string of the molecule is COC(=O)C1(c2ccccc2C(C)C)CNC1. The van der Waals surface area contributed by atoms with E-state index in [4.69, 9.17) is 4.74 Å². The summed E-state index contributed by atoms with van der Waals surface area (Å²) in [5, 5.41) is 3.18. The van der Waals surface area contributed by atoms with Gasteiger partial charge in [0.2, 0.25) is 0 Å². The molecule has 0 radical (unpaired) electrons. The number of rotatable bonds is 3. The molecule has 0 aromatic heterocycles. The monoisotopic (exact) mass is 233 g/mol. The Morgan fingerprint density at radius 1 is 1.35 bits per heavy atom. The lowest BCUT2D eigenvalue weighted by molar-refractivity contribution is -0.149. The highest BCUT2D eigenvalue weighted by molar-refractivity contribution is 5.85. The molecule has 1 saturated heterocycles. The minimum atomic E-state index is -0.477. The van der Waals surface area contributed by atoms with Crippen molar-refractivity contribution < 1.29 is 9.53 Å². The molecule has 1 N–H and O–H groups in total. The maximum atomic E-state index is 12.0. The first-order chi connectivity index (χ1) is 8.12. The van der Waals surface area contributed by atoms with E-state index in [1.54, 1.807) is 0 Å². The van der Waals surface area contributed by atoms with Gasteiger partial charge in [-0.05, 0) is 17.0 Å². The number of esters is 1. The molecule has 1 aliphatic heterocycles. The van der Waals surface area contributed by atoms with E-state index in [0.717, 1.165) is 5.56 Å². The molecule has 3 heteroatoms. The summed E-state index contributed by atoms with van der Waals surface area (Å²) in [5.41, 5.74) is 1.87. The minimum absolute atomic E-state index is 0.135. The van der Waals surface area contributed by atoms with Gasteiger partial charge in [-0.2, -0.15) is 0 Å². The number of ether oxygens (including phenoxy) is 1. The van der Waals surface area contributed by atoms with E-state index in [2.05, 4.69) is 25.2 Å². The summed E-state index contributed by atoms with van der Waals surface area (Å²) in [5.74, 6) is 0.276. The molecule has 3 nitrogen and oxygen atoms in total. The van der Waals surface area contributed by atoms with Crippen molar-refractivity contribution >= 4 is 5.97 Å². The third kappa shape index (κ3) is 1.84. The Morgan fingerprint density at radius 3 is 2.47 bits per heavy atom. The van der Waals surface area contributed by atoms with Crippen LogP contribution in [0, 0.1) is 0 Å². The smallest absolute Gasteiger partial charge is 0.318 e. The van der Waals surface area contributed by atoms with E-state index < -0.39 is 5.41 Å². The van der Waals surface area contributed by atoms with Crippen LogP contribution in [0.15, 0.2) is 24.3 Å². The Balaban J connectivity index is 2.48. The van der Waals surface area contributed by atoms with E-state index in [-0.39, 0.29) is 5.97 Å². The maximum absolute atomic E-state index is 12.0. The zero-order valence-corrected chi connectivity index (χ0v) is 10.6. The van der Waals surface area contributed by atoms with Gasteiger partial charge in [0, 0.05) is 13.1 Å². The van der Waals surface area contributed by atoms with Crippen molar-refractivity contribution in [2.45, 2.75) is 25.2 Å². The highest BCUT2D eigenvalue weighted by atomic mass is 16.5. The van der Waals surface area contributed by atoms with Crippen molar-refractivity contribution in [3.8, 4) is 0 Å². The highest BCUT2D eigenvalue weighted by Gasteiger charge is 2.48. The Hall–Kier alpha value is -1.35. The highest BCUT2D eigenvalue weighted by Crippen LogP contribution is 2.35. The Morgan fingerprint density at radius 2 is 2.00 bits per heavy atom. The van der Waals surface area contributed by atoms with Crippen LogP contribution in [0.1, 0.15) is 30.9 Å². The molecule has 17 heavy (non-hydrogen) atoms. The first-order valence-corrected chi connectivity index (χ1v) is 6.00. The van der Waals surface area contributed by atoms with Crippen LogP contribution in [-0.4, -0.2) is 26.2 Å². The third-order valence-electron chi connectivity index (χ3n) is 3.53. The first kappa shape index (κ1) is 12.1. The fraction of sp³-hybridized carbons (Fsp3) is 0.500. The van der Waals surface area contributed by atoms with Gasteiger partial charge in [0.25, 0.3) is 0 Å². The van der Waals surface area contributed by atoms with Crippen molar-refractivity contribution in [3.63, 3.8) is 0 Å². The Kier molecular flexibility index (Phi) is 3.20. The molecule has 0 spiro atoms. The van der Waals surface area contributed by atoms with Crippen LogP contribution in [-0.2, 0) is 14.9 Å². The number of hydrogen-bond donors (Lipinski definition) is 1. The summed E-state index contributed by atoms with van der Waals surface area (Å²) in [6.07, 6.45) is 0. The summed E-state index contributed by atoms with van der Waals surface area (Å²) in [6, 6.07) is 8.16. The van der Waals surface area contributed by atoms with Crippen LogP contribution in [0.25, 0.3) is 0 Å². The number of benzene rings is 1. The van der Waals surface area contributed by atoms with Gasteiger partial charge in [0.05, 0.1) is 7.11 Å². The summed E-state index contributed by atoms with van der Waals surface area (Å²) < 4.78 is 4.97. The van der Waals surface area contributed by atoms with Gasteiger partial charge in [-0.3, -0.25) is 4.79 Å². The molecular formula is C14H19NO2. The predicted molar refractivity (Wildman–Crippen MR) is 67.1 cm³/mol. The molecule has 0 atom stereocenters. The van der Waals surface area contributed by atoms with Gasteiger partial charge in [0.15, 0.2) is 0 Å². The van der Waals surface area contributed by atoms with Gasteiger partial charge in [-0.1, -0.05) is 38.1 Å². The molecule has 1 fully saturated rings. The van der Waals surface area contributed by atoms with Crippen LogP contribution < -0.4 is 5.32 Å². The minimum Gasteiger partial charge on any atom is -0.468 e. The van der Waals surface area contributed by atoms with Crippen LogP contribution in [0.3, 0.4) is 0 Å². The topological polar surface area (TPSA) is 38.3 Å². The Bertz CT molecular complexity index is 422. The molecule has 1 aromatic rings. The second-order valence-corrected chi connectivity index (χ2v) is 4.92. The Labute approximate surface area is 102 Å². The van der Waals surface area contributed by atoms with Crippen LogP contribution in [0.4, 0.5) is 0 Å². The largest absolute Gasteiger partial charge is 0.468 e. The normalized spacial score (nSPS) is 17.6. The summed E-state index contributed by atoms with van der Waals surface area (Å²) in [6.45, 7) is 5.64. The summed E-state index contributed by atoms with van der Waals surface area (Å²) in [7, 11) is 1.46. The van der Waals surface area contributed by atoms with E-state index in [1.807, 2.05) is 18.2 Å². The molecule has 1 aromatic carbocycles. The summed E-state index contributed by atoms with van der Waals surface area (Å²) >= 11 is 0.